The minimum atomic E-state index is -4.28. The van der Waals surface area contributed by atoms with Gasteiger partial charge < -0.3 is 0 Å². The van der Waals surface area contributed by atoms with E-state index in [1.165, 1.54) is 70.6 Å². The second kappa shape index (κ2) is 17.1. The van der Waals surface area contributed by atoms with Crippen LogP contribution in [0.4, 0.5) is 0 Å². The minimum Gasteiger partial charge on any atom is -0.282 e. The maximum atomic E-state index is 12.5. The number of benzene rings is 2. The van der Waals surface area contributed by atoms with Crippen LogP contribution in [-0.2, 0) is 23.0 Å². The summed E-state index contributed by atoms with van der Waals surface area (Å²) in [5.41, 5.74) is 1.96. The predicted octanol–water partition coefficient (Wildman–Crippen LogP) is 8.29. The van der Waals surface area contributed by atoms with Crippen LogP contribution in [0, 0.1) is 0 Å². The molecule has 33 heavy (non-hydrogen) atoms. The zero-order valence-corrected chi connectivity index (χ0v) is 24.2. The summed E-state index contributed by atoms with van der Waals surface area (Å²) in [5.74, 6) is 0. The van der Waals surface area contributed by atoms with Gasteiger partial charge in [-0.1, -0.05) is 121 Å². The molecule has 0 saturated carbocycles. The van der Waals surface area contributed by atoms with E-state index in [0.717, 1.165) is 48.6 Å². The molecule has 0 aromatic heterocycles. The van der Waals surface area contributed by atoms with E-state index in [1.54, 1.807) is 0 Å². The molecule has 0 aliphatic carbocycles. The summed E-state index contributed by atoms with van der Waals surface area (Å²) >= 11 is 0. The molecule has 0 atom stereocenters. The van der Waals surface area contributed by atoms with Gasteiger partial charge in [0.2, 0.25) is 0 Å². The maximum absolute atomic E-state index is 12.5. The number of hydrogen-bond donors (Lipinski definition) is 1. The summed E-state index contributed by atoms with van der Waals surface area (Å²) in [6.45, 7) is 4.46. The number of rotatable bonds is 17. The number of fused-ring (bicyclic) bond motifs is 1. The molecule has 0 spiro atoms. The standard InChI is InChI=1S/C28H44O3S.Na/c1-3-5-7-9-11-13-15-19-24-23-25-20-17-18-22-27(25)28(32(29,30)31)26(24)21-16-14-12-10-8-6-4-2;/h17-18,20,22-23H,3-16,19,21H2,1-2H3,(H,29,30,31);. The van der Waals surface area contributed by atoms with E-state index < -0.39 is 10.1 Å². The fourth-order valence-corrected chi connectivity index (χ4v) is 5.74. The Morgan fingerprint density at radius 1 is 0.697 bits per heavy atom. The van der Waals surface area contributed by atoms with Crippen molar-refractivity contribution in [2.24, 2.45) is 0 Å². The maximum Gasteiger partial charge on any atom is 0.295 e. The van der Waals surface area contributed by atoms with Gasteiger partial charge in [-0.3, -0.25) is 4.55 Å². The quantitative estimate of drug-likeness (QED) is 0.140. The molecular formula is C28H44NaO3S. The minimum absolute atomic E-state index is 0. The van der Waals surface area contributed by atoms with E-state index >= 15 is 0 Å². The second-order valence-corrected chi connectivity index (χ2v) is 10.6. The van der Waals surface area contributed by atoms with Gasteiger partial charge in [0.1, 0.15) is 4.90 Å². The van der Waals surface area contributed by atoms with E-state index in [2.05, 4.69) is 19.9 Å². The monoisotopic (exact) mass is 483 g/mol. The summed E-state index contributed by atoms with van der Waals surface area (Å²) in [4.78, 5) is 0.152. The summed E-state index contributed by atoms with van der Waals surface area (Å²) in [7, 11) is -4.28. The van der Waals surface area contributed by atoms with Gasteiger partial charge in [0.05, 0.1) is 0 Å². The molecule has 3 nitrogen and oxygen atoms in total. The van der Waals surface area contributed by atoms with Crippen LogP contribution in [0.2, 0.25) is 0 Å². The zero-order chi connectivity index (χ0) is 23.2. The van der Waals surface area contributed by atoms with Gasteiger partial charge in [-0.05, 0) is 42.2 Å². The van der Waals surface area contributed by atoms with Gasteiger partial charge in [0, 0.05) is 34.9 Å². The van der Waals surface area contributed by atoms with Gasteiger partial charge >= 0.3 is 0 Å². The molecule has 2 aromatic carbocycles. The summed E-state index contributed by atoms with van der Waals surface area (Å²) in [6.07, 6.45) is 18.6. The van der Waals surface area contributed by atoms with Crippen molar-refractivity contribution in [2.75, 3.05) is 0 Å². The van der Waals surface area contributed by atoms with E-state index in [-0.39, 0.29) is 34.5 Å². The van der Waals surface area contributed by atoms with E-state index in [0.29, 0.717) is 5.39 Å². The Labute approximate surface area is 225 Å². The molecule has 0 aliphatic rings. The van der Waals surface area contributed by atoms with Crippen LogP contribution in [0.1, 0.15) is 115 Å². The third-order valence-electron chi connectivity index (χ3n) is 6.53. The summed E-state index contributed by atoms with van der Waals surface area (Å²) in [5, 5.41) is 1.55. The first kappa shape index (κ1) is 30.6. The summed E-state index contributed by atoms with van der Waals surface area (Å²) in [6, 6.07) is 9.73. The molecule has 2 aromatic rings. The molecule has 0 fully saturated rings. The fourth-order valence-electron chi connectivity index (χ4n) is 4.74. The van der Waals surface area contributed by atoms with E-state index in [9.17, 15) is 13.0 Å². The van der Waals surface area contributed by atoms with Crippen molar-refractivity contribution in [3.8, 4) is 0 Å². The van der Waals surface area contributed by atoms with Crippen molar-refractivity contribution >= 4 is 50.4 Å². The third-order valence-corrected chi connectivity index (χ3v) is 7.52. The van der Waals surface area contributed by atoms with Crippen molar-refractivity contribution < 1.29 is 13.0 Å². The Hall–Kier alpha value is -0.390. The van der Waals surface area contributed by atoms with Gasteiger partial charge in [0.25, 0.3) is 10.1 Å². The molecule has 0 unspecified atom stereocenters. The number of aryl methyl sites for hydroxylation is 1. The second-order valence-electron chi connectivity index (χ2n) is 9.28. The van der Waals surface area contributed by atoms with Crippen LogP contribution >= 0.6 is 0 Å². The smallest absolute Gasteiger partial charge is 0.282 e. The van der Waals surface area contributed by atoms with Crippen LogP contribution in [0.25, 0.3) is 10.8 Å². The van der Waals surface area contributed by atoms with Crippen LogP contribution in [0.15, 0.2) is 35.2 Å². The molecule has 0 heterocycles. The Bertz CT molecular complexity index is 909. The summed E-state index contributed by atoms with van der Waals surface area (Å²) < 4.78 is 35.1. The molecule has 1 N–H and O–H groups in total. The van der Waals surface area contributed by atoms with E-state index in [1.807, 2.05) is 24.3 Å². The van der Waals surface area contributed by atoms with Crippen molar-refractivity contribution in [3.63, 3.8) is 0 Å². The van der Waals surface area contributed by atoms with Crippen molar-refractivity contribution in [3.05, 3.63) is 41.5 Å². The molecule has 0 amide bonds. The first-order chi connectivity index (χ1) is 15.5. The Kier molecular flexibility index (Phi) is 15.9. The molecule has 181 valence electrons. The topological polar surface area (TPSA) is 54.4 Å². The van der Waals surface area contributed by atoms with Gasteiger partial charge in [0.15, 0.2) is 0 Å². The fraction of sp³-hybridized carbons (Fsp3) is 0.643. The van der Waals surface area contributed by atoms with Gasteiger partial charge in [-0.2, -0.15) is 8.42 Å². The molecule has 0 bridgehead atoms. The molecule has 5 heteroatoms. The Morgan fingerprint density at radius 2 is 1.18 bits per heavy atom. The van der Waals surface area contributed by atoms with Gasteiger partial charge in [-0.15, -0.1) is 0 Å². The Morgan fingerprint density at radius 3 is 1.73 bits per heavy atom. The molecular weight excluding hydrogens is 439 g/mol. The molecule has 1 radical (unpaired) electrons. The molecule has 0 aliphatic heterocycles. The number of unbranched alkanes of at least 4 members (excludes halogenated alkanes) is 12. The first-order valence-corrected chi connectivity index (χ1v) is 14.4. The van der Waals surface area contributed by atoms with Crippen molar-refractivity contribution in [1.82, 2.24) is 0 Å². The first-order valence-electron chi connectivity index (χ1n) is 13.0. The molecule has 2 rings (SSSR count). The van der Waals surface area contributed by atoms with Crippen LogP contribution < -0.4 is 0 Å². The predicted molar refractivity (Wildman–Crippen MR) is 143 cm³/mol. The largest absolute Gasteiger partial charge is 0.295 e. The van der Waals surface area contributed by atoms with E-state index in [4.69, 9.17) is 0 Å². The van der Waals surface area contributed by atoms with Crippen LogP contribution in [0.3, 0.4) is 0 Å². The average Bonchev–Trinajstić information content (AvgIpc) is 2.76. The number of hydrogen-bond acceptors (Lipinski definition) is 2. The van der Waals surface area contributed by atoms with Crippen molar-refractivity contribution in [1.29, 1.82) is 0 Å². The van der Waals surface area contributed by atoms with Gasteiger partial charge in [-0.25, -0.2) is 0 Å². The SMILES string of the molecule is CCCCCCCCCc1cc2ccccc2c(S(=O)(=O)O)c1CCCCCCCCC.[Na]. The van der Waals surface area contributed by atoms with Crippen LogP contribution in [0.5, 0.6) is 0 Å². The third kappa shape index (κ3) is 10.8. The zero-order valence-electron chi connectivity index (χ0n) is 21.4. The van der Waals surface area contributed by atoms with Crippen molar-refractivity contribution in [2.45, 2.75) is 121 Å². The van der Waals surface area contributed by atoms with Crippen LogP contribution in [-0.4, -0.2) is 42.5 Å². The normalized spacial score (nSPS) is 11.6. The Balaban J connectivity index is 0.00000544. The average molecular weight is 484 g/mol. The molecule has 0 saturated heterocycles.